The van der Waals surface area contributed by atoms with E-state index >= 15 is 0 Å². The lowest BCUT2D eigenvalue weighted by molar-refractivity contribution is -0.0175. The van der Waals surface area contributed by atoms with Crippen LogP contribution in [0.25, 0.3) is 0 Å². The Hall–Kier alpha value is -0.150. The molecule has 1 saturated heterocycles. The fourth-order valence-corrected chi connectivity index (χ4v) is 1.63. The largest absolute Gasteiger partial charge is 0.387 e. The molecular weight excluding hydrogens is 159 g/mol. The summed E-state index contributed by atoms with van der Waals surface area (Å²) in [5, 5.41) is 9.43. The Labute approximate surface area is 72.7 Å². The van der Waals surface area contributed by atoms with Crippen LogP contribution in [0, 0.1) is 5.92 Å². The third-order valence-electron chi connectivity index (χ3n) is 2.41. The van der Waals surface area contributed by atoms with Crippen LogP contribution < -0.4 is 0 Å². The van der Waals surface area contributed by atoms with Crippen LogP contribution in [0.2, 0.25) is 0 Å². The first kappa shape index (κ1) is 9.93. The van der Waals surface area contributed by atoms with Gasteiger partial charge in [-0.05, 0) is 12.3 Å². The van der Waals surface area contributed by atoms with Crippen LogP contribution in [0.15, 0.2) is 0 Å². The van der Waals surface area contributed by atoms with E-state index in [1.165, 1.54) is 0 Å². The predicted molar refractivity (Wildman–Crippen MR) is 44.7 cm³/mol. The molecular formula is C9H17FO2. The van der Waals surface area contributed by atoms with Gasteiger partial charge in [0.1, 0.15) is 6.10 Å². The van der Waals surface area contributed by atoms with Crippen molar-refractivity contribution in [3.05, 3.63) is 0 Å². The van der Waals surface area contributed by atoms with Crippen molar-refractivity contribution in [2.45, 2.75) is 51.7 Å². The summed E-state index contributed by atoms with van der Waals surface area (Å²) in [5.74, 6) is 0.176. The molecule has 0 unspecified atom stereocenters. The maximum absolute atomic E-state index is 13.2. The molecule has 0 aliphatic carbocycles. The molecule has 1 N–H and O–H groups in total. The number of alkyl halides is 1. The van der Waals surface area contributed by atoms with E-state index in [1.54, 1.807) is 0 Å². The van der Waals surface area contributed by atoms with E-state index in [0.717, 1.165) is 0 Å². The molecule has 72 valence electrons. The molecule has 0 spiro atoms. The maximum atomic E-state index is 13.2. The summed E-state index contributed by atoms with van der Waals surface area (Å²) in [6.45, 7) is 5.73. The highest BCUT2D eigenvalue weighted by Gasteiger charge is 2.44. The van der Waals surface area contributed by atoms with Gasteiger partial charge >= 0.3 is 0 Å². The standard InChI is InChI=1S/C9H17FO2/c1-4-6-7(10)8(11)9(12-6)5(2)3/h5-9,11H,4H2,1-3H3/t6-,7-,8+,9+/m0/s1. The zero-order valence-electron chi connectivity index (χ0n) is 7.83. The van der Waals surface area contributed by atoms with Gasteiger partial charge in [0.2, 0.25) is 0 Å². The van der Waals surface area contributed by atoms with Crippen LogP contribution in [-0.4, -0.2) is 29.6 Å². The Morgan fingerprint density at radius 3 is 2.33 bits per heavy atom. The van der Waals surface area contributed by atoms with Crippen molar-refractivity contribution in [3.8, 4) is 0 Å². The monoisotopic (exact) mass is 176 g/mol. The topological polar surface area (TPSA) is 29.5 Å². The molecule has 0 aromatic carbocycles. The van der Waals surface area contributed by atoms with Gasteiger partial charge in [-0.2, -0.15) is 0 Å². The lowest BCUT2D eigenvalue weighted by Crippen LogP contribution is -2.31. The van der Waals surface area contributed by atoms with E-state index in [1.807, 2.05) is 20.8 Å². The summed E-state index contributed by atoms with van der Waals surface area (Å²) in [5.41, 5.74) is 0. The van der Waals surface area contributed by atoms with Gasteiger partial charge in [-0.15, -0.1) is 0 Å². The molecule has 0 radical (unpaired) electrons. The molecule has 0 saturated carbocycles. The molecule has 3 heteroatoms. The number of ether oxygens (including phenoxy) is 1. The summed E-state index contributed by atoms with van der Waals surface area (Å²) in [7, 11) is 0. The first-order chi connectivity index (χ1) is 5.57. The van der Waals surface area contributed by atoms with Gasteiger partial charge in [0.05, 0.1) is 12.2 Å². The summed E-state index contributed by atoms with van der Waals surface area (Å²) in [4.78, 5) is 0. The normalized spacial score (nSPS) is 42.5. The highest BCUT2D eigenvalue weighted by molar-refractivity contribution is 4.91. The molecule has 0 aromatic rings. The van der Waals surface area contributed by atoms with Crippen LogP contribution in [0.1, 0.15) is 27.2 Å². The summed E-state index contributed by atoms with van der Waals surface area (Å²) in [6.07, 6.45) is -2.25. The average molecular weight is 176 g/mol. The Bertz CT molecular complexity index is 149. The van der Waals surface area contributed by atoms with Crippen LogP contribution in [0.3, 0.4) is 0 Å². The van der Waals surface area contributed by atoms with Crippen molar-refractivity contribution in [2.75, 3.05) is 0 Å². The molecule has 1 aliphatic heterocycles. The molecule has 0 amide bonds. The van der Waals surface area contributed by atoms with Crippen molar-refractivity contribution in [1.82, 2.24) is 0 Å². The Morgan fingerprint density at radius 2 is 2.08 bits per heavy atom. The molecule has 0 bridgehead atoms. The van der Waals surface area contributed by atoms with Gasteiger partial charge in [-0.25, -0.2) is 4.39 Å². The van der Waals surface area contributed by atoms with Crippen LogP contribution >= 0.6 is 0 Å². The minimum absolute atomic E-state index is 0.176. The lowest BCUT2D eigenvalue weighted by atomic mass is 10.00. The number of aliphatic hydroxyl groups excluding tert-OH is 1. The second-order valence-corrected chi connectivity index (χ2v) is 3.73. The first-order valence-electron chi connectivity index (χ1n) is 4.55. The number of halogens is 1. The minimum Gasteiger partial charge on any atom is -0.387 e. The summed E-state index contributed by atoms with van der Waals surface area (Å²) in [6, 6.07) is 0. The fraction of sp³-hybridized carbons (Fsp3) is 1.00. The lowest BCUT2D eigenvalue weighted by Gasteiger charge is -2.17. The molecule has 0 aromatic heterocycles. The first-order valence-corrected chi connectivity index (χ1v) is 4.55. The fourth-order valence-electron chi connectivity index (χ4n) is 1.63. The minimum atomic E-state index is -1.21. The second-order valence-electron chi connectivity index (χ2n) is 3.73. The molecule has 4 atom stereocenters. The van der Waals surface area contributed by atoms with E-state index < -0.39 is 18.4 Å². The van der Waals surface area contributed by atoms with Crippen molar-refractivity contribution < 1.29 is 14.2 Å². The highest BCUT2D eigenvalue weighted by atomic mass is 19.1. The molecule has 2 nitrogen and oxygen atoms in total. The quantitative estimate of drug-likeness (QED) is 0.691. The van der Waals surface area contributed by atoms with E-state index in [2.05, 4.69) is 0 Å². The number of hydrogen-bond donors (Lipinski definition) is 1. The van der Waals surface area contributed by atoms with Crippen LogP contribution in [-0.2, 0) is 4.74 Å². The Morgan fingerprint density at radius 1 is 1.50 bits per heavy atom. The number of hydrogen-bond acceptors (Lipinski definition) is 2. The van der Waals surface area contributed by atoms with Crippen molar-refractivity contribution in [1.29, 1.82) is 0 Å². The van der Waals surface area contributed by atoms with E-state index in [-0.39, 0.29) is 12.0 Å². The smallest absolute Gasteiger partial charge is 0.154 e. The van der Waals surface area contributed by atoms with Crippen LogP contribution in [0.5, 0.6) is 0 Å². The van der Waals surface area contributed by atoms with Gasteiger partial charge in [-0.1, -0.05) is 20.8 Å². The SMILES string of the molecule is CC[C@@H]1O[C@H](C(C)C)[C@H](O)[C@H]1F. The maximum Gasteiger partial charge on any atom is 0.154 e. The third kappa shape index (κ3) is 1.62. The van der Waals surface area contributed by atoms with E-state index in [4.69, 9.17) is 4.74 Å². The average Bonchev–Trinajstić information content (AvgIpc) is 2.30. The number of aliphatic hydroxyl groups is 1. The zero-order chi connectivity index (χ0) is 9.30. The zero-order valence-corrected chi connectivity index (χ0v) is 7.83. The van der Waals surface area contributed by atoms with Gasteiger partial charge in [0, 0.05) is 0 Å². The third-order valence-corrected chi connectivity index (χ3v) is 2.41. The molecule has 1 fully saturated rings. The molecule has 1 heterocycles. The molecule has 12 heavy (non-hydrogen) atoms. The van der Waals surface area contributed by atoms with Gasteiger partial charge in [0.15, 0.2) is 6.17 Å². The summed E-state index contributed by atoms with van der Waals surface area (Å²) >= 11 is 0. The summed E-state index contributed by atoms with van der Waals surface area (Å²) < 4.78 is 18.6. The van der Waals surface area contributed by atoms with Crippen molar-refractivity contribution in [2.24, 2.45) is 5.92 Å². The van der Waals surface area contributed by atoms with Gasteiger partial charge in [0.25, 0.3) is 0 Å². The Balaban J connectivity index is 2.60. The molecule has 1 aliphatic rings. The highest BCUT2D eigenvalue weighted by Crippen LogP contribution is 2.29. The number of rotatable bonds is 2. The van der Waals surface area contributed by atoms with Crippen molar-refractivity contribution >= 4 is 0 Å². The van der Waals surface area contributed by atoms with E-state index in [9.17, 15) is 9.50 Å². The van der Waals surface area contributed by atoms with Crippen molar-refractivity contribution in [3.63, 3.8) is 0 Å². The predicted octanol–water partition coefficient (Wildman–Crippen LogP) is 1.52. The molecule has 1 rings (SSSR count). The van der Waals surface area contributed by atoms with E-state index in [0.29, 0.717) is 6.42 Å². The second kappa shape index (κ2) is 3.71. The van der Waals surface area contributed by atoms with Gasteiger partial charge < -0.3 is 9.84 Å². The van der Waals surface area contributed by atoms with Crippen LogP contribution in [0.4, 0.5) is 4.39 Å². The van der Waals surface area contributed by atoms with Gasteiger partial charge in [-0.3, -0.25) is 0 Å². The Kier molecular flexibility index (Phi) is 3.07.